The number of pyridine rings is 1. The van der Waals surface area contributed by atoms with Gasteiger partial charge in [0.15, 0.2) is 0 Å². The van der Waals surface area contributed by atoms with E-state index in [-0.39, 0.29) is 30.1 Å². The van der Waals surface area contributed by atoms with Gasteiger partial charge in [0, 0.05) is 36.1 Å². The maximum atomic E-state index is 13.4. The van der Waals surface area contributed by atoms with E-state index in [2.05, 4.69) is 15.6 Å². The molecule has 2 unspecified atom stereocenters. The van der Waals surface area contributed by atoms with Gasteiger partial charge in [-0.3, -0.25) is 14.6 Å². The van der Waals surface area contributed by atoms with Crippen LogP contribution in [0.1, 0.15) is 52.0 Å². The van der Waals surface area contributed by atoms with Crippen LogP contribution in [0.15, 0.2) is 67.0 Å². The summed E-state index contributed by atoms with van der Waals surface area (Å²) >= 11 is 0. The van der Waals surface area contributed by atoms with E-state index in [1.54, 1.807) is 54.9 Å². The third-order valence-corrected chi connectivity index (χ3v) is 5.46. The Hall–Kier alpha value is -3.58. The SMILES string of the molecule is NC(CC(=O)NC1CCc2cc(F)ccc21)c1ccc(C(=O)Nc2ccncc2)cc1. The Morgan fingerprint density at radius 1 is 1.10 bits per heavy atom. The summed E-state index contributed by atoms with van der Waals surface area (Å²) in [7, 11) is 0. The molecule has 4 N–H and O–H groups in total. The molecule has 1 aliphatic rings. The van der Waals surface area contributed by atoms with Crippen molar-refractivity contribution in [3.8, 4) is 0 Å². The van der Waals surface area contributed by atoms with Gasteiger partial charge in [-0.15, -0.1) is 0 Å². The first-order chi connectivity index (χ1) is 15.0. The first-order valence-corrected chi connectivity index (χ1v) is 10.1. The number of nitrogens with one attached hydrogen (secondary N) is 2. The standard InChI is InChI=1S/C24H23FN4O2/c25-18-6-7-20-17(13-18)5-8-22(20)29-23(30)14-21(26)15-1-3-16(4-2-15)24(31)28-19-9-11-27-12-10-19/h1-4,6-7,9-13,21-22H,5,8,14,26H2,(H,29,30)(H,27,28,31). The van der Waals surface area contributed by atoms with Crippen LogP contribution in [0.2, 0.25) is 0 Å². The zero-order chi connectivity index (χ0) is 21.8. The van der Waals surface area contributed by atoms with Gasteiger partial charge in [0.05, 0.1) is 6.04 Å². The average molecular weight is 418 g/mol. The van der Waals surface area contributed by atoms with Crippen LogP contribution in [0, 0.1) is 5.82 Å². The molecule has 2 atom stereocenters. The molecule has 4 rings (SSSR count). The Kier molecular flexibility index (Phi) is 6.04. The summed E-state index contributed by atoms with van der Waals surface area (Å²) in [5.74, 6) is -0.653. The highest BCUT2D eigenvalue weighted by atomic mass is 19.1. The van der Waals surface area contributed by atoms with Crippen molar-refractivity contribution in [3.05, 3.63) is 95.1 Å². The molecule has 6 nitrogen and oxygen atoms in total. The minimum absolute atomic E-state index is 0.116. The fourth-order valence-electron chi connectivity index (χ4n) is 3.83. The summed E-state index contributed by atoms with van der Waals surface area (Å²) in [6, 6.07) is 14.4. The summed E-state index contributed by atoms with van der Waals surface area (Å²) in [4.78, 5) is 28.8. The summed E-state index contributed by atoms with van der Waals surface area (Å²) in [5, 5.41) is 5.79. The largest absolute Gasteiger partial charge is 0.349 e. The Bertz CT molecular complexity index is 1090. The molecule has 0 radical (unpaired) electrons. The Labute approximate surface area is 179 Å². The number of amides is 2. The van der Waals surface area contributed by atoms with Crippen molar-refractivity contribution < 1.29 is 14.0 Å². The van der Waals surface area contributed by atoms with Gasteiger partial charge in [-0.05, 0) is 65.9 Å². The monoisotopic (exact) mass is 418 g/mol. The lowest BCUT2D eigenvalue weighted by molar-refractivity contribution is -0.122. The molecule has 0 fully saturated rings. The molecule has 158 valence electrons. The number of aryl methyl sites for hydroxylation is 1. The number of rotatable bonds is 6. The number of aromatic nitrogens is 1. The van der Waals surface area contributed by atoms with Crippen LogP contribution in [-0.2, 0) is 11.2 Å². The van der Waals surface area contributed by atoms with Crippen LogP contribution in [0.3, 0.4) is 0 Å². The molecule has 7 heteroatoms. The number of benzene rings is 2. The molecule has 2 aromatic carbocycles. The van der Waals surface area contributed by atoms with Gasteiger partial charge in [-0.2, -0.15) is 0 Å². The molecule has 0 bridgehead atoms. The number of anilines is 1. The lowest BCUT2D eigenvalue weighted by Gasteiger charge is -2.17. The maximum Gasteiger partial charge on any atom is 0.255 e. The van der Waals surface area contributed by atoms with Gasteiger partial charge in [0.2, 0.25) is 5.91 Å². The number of halogens is 1. The summed E-state index contributed by atoms with van der Waals surface area (Å²) in [6.07, 6.45) is 4.82. The number of nitrogens with zero attached hydrogens (tertiary/aromatic N) is 1. The van der Waals surface area contributed by atoms with E-state index in [4.69, 9.17) is 5.73 Å². The normalized spacial score (nSPS) is 15.7. The molecule has 31 heavy (non-hydrogen) atoms. The molecular formula is C24H23FN4O2. The second-order valence-electron chi connectivity index (χ2n) is 7.62. The van der Waals surface area contributed by atoms with Crippen LogP contribution < -0.4 is 16.4 Å². The van der Waals surface area contributed by atoms with Gasteiger partial charge in [0.25, 0.3) is 5.91 Å². The average Bonchev–Trinajstić information content (AvgIpc) is 3.16. The Morgan fingerprint density at radius 2 is 1.84 bits per heavy atom. The summed E-state index contributed by atoms with van der Waals surface area (Å²) < 4.78 is 13.4. The fourth-order valence-corrected chi connectivity index (χ4v) is 3.83. The summed E-state index contributed by atoms with van der Waals surface area (Å²) in [5.41, 5.74) is 10.0. The molecule has 3 aromatic rings. The second-order valence-corrected chi connectivity index (χ2v) is 7.62. The molecule has 1 heterocycles. The van der Waals surface area contributed by atoms with Crippen molar-refractivity contribution in [2.75, 3.05) is 5.32 Å². The zero-order valence-corrected chi connectivity index (χ0v) is 16.8. The van der Waals surface area contributed by atoms with Gasteiger partial charge in [-0.1, -0.05) is 18.2 Å². The van der Waals surface area contributed by atoms with Crippen LogP contribution in [0.4, 0.5) is 10.1 Å². The Morgan fingerprint density at radius 3 is 2.58 bits per heavy atom. The lowest BCUT2D eigenvalue weighted by atomic mass is 10.0. The minimum Gasteiger partial charge on any atom is -0.349 e. The minimum atomic E-state index is -0.494. The van der Waals surface area contributed by atoms with Gasteiger partial charge >= 0.3 is 0 Å². The predicted octanol–water partition coefficient (Wildman–Crippen LogP) is 3.67. The highest BCUT2D eigenvalue weighted by molar-refractivity contribution is 6.04. The number of fused-ring (bicyclic) bond motifs is 1. The fraction of sp³-hybridized carbons (Fsp3) is 0.208. The molecule has 0 saturated carbocycles. The third kappa shape index (κ3) is 4.95. The molecular weight excluding hydrogens is 395 g/mol. The van der Waals surface area contributed by atoms with E-state index in [1.807, 2.05) is 0 Å². The van der Waals surface area contributed by atoms with Crippen molar-refractivity contribution in [1.82, 2.24) is 10.3 Å². The molecule has 0 aliphatic heterocycles. The van der Waals surface area contributed by atoms with Crippen LogP contribution >= 0.6 is 0 Å². The zero-order valence-electron chi connectivity index (χ0n) is 16.8. The second kappa shape index (κ2) is 9.06. The van der Waals surface area contributed by atoms with Crippen molar-refractivity contribution in [2.24, 2.45) is 5.73 Å². The topological polar surface area (TPSA) is 97.1 Å². The van der Waals surface area contributed by atoms with Crippen LogP contribution in [0.5, 0.6) is 0 Å². The molecule has 2 amide bonds. The van der Waals surface area contributed by atoms with E-state index >= 15 is 0 Å². The maximum absolute atomic E-state index is 13.4. The van der Waals surface area contributed by atoms with E-state index in [0.717, 1.165) is 29.5 Å². The Balaban J connectivity index is 1.33. The quantitative estimate of drug-likeness (QED) is 0.569. The molecule has 0 saturated heterocycles. The van der Waals surface area contributed by atoms with Crippen LogP contribution in [-0.4, -0.2) is 16.8 Å². The van der Waals surface area contributed by atoms with Crippen molar-refractivity contribution in [1.29, 1.82) is 0 Å². The highest BCUT2D eigenvalue weighted by Gasteiger charge is 2.25. The van der Waals surface area contributed by atoms with Gasteiger partial charge in [0.1, 0.15) is 5.82 Å². The number of hydrogen-bond acceptors (Lipinski definition) is 4. The molecule has 1 aliphatic carbocycles. The van der Waals surface area contributed by atoms with E-state index in [9.17, 15) is 14.0 Å². The van der Waals surface area contributed by atoms with Gasteiger partial charge in [-0.25, -0.2) is 4.39 Å². The van der Waals surface area contributed by atoms with Crippen molar-refractivity contribution >= 4 is 17.5 Å². The van der Waals surface area contributed by atoms with Crippen LogP contribution in [0.25, 0.3) is 0 Å². The highest BCUT2D eigenvalue weighted by Crippen LogP contribution is 2.31. The number of hydrogen-bond donors (Lipinski definition) is 3. The smallest absolute Gasteiger partial charge is 0.255 e. The molecule has 1 aromatic heterocycles. The number of carbonyl (C=O) groups excluding carboxylic acids is 2. The predicted molar refractivity (Wildman–Crippen MR) is 116 cm³/mol. The summed E-state index contributed by atoms with van der Waals surface area (Å²) in [6.45, 7) is 0. The van der Waals surface area contributed by atoms with Crippen molar-refractivity contribution in [3.63, 3.8) is 0 Å². The van der Waals surface area contributed by atoms with E-state index < -0.39 is 6.04 Å². The number of carbonyl (C=O) groups is 2. The van der Waals surface area contributed by atoms with E-state index in [1.165, 1.54) is 12.1 Å². The molecule has 0 spiro atoms. The number of nitrogens with two attached hydrogens (primary N) is 1. The van der Waals surface area contributed by atoms with E-state index in [0.29, 0.717) is 11.3 Å². The lowest BCUT2D eigenvalue weighted by Crippen LogP contribution is -2.30. The van der Waals surface area contributed by atoms with Gasteiger partial charge < -0.3 is 16.4 Å². The third-order valence-electron chi connectivity index (χ3n) is 5.46. The first-order valence-electron chi connectivity index (χ1n) is 10.1. The van der Waals surface area contributed by atoms with Crippen molar-refractivity contribution in [2.45, 2.75) is 31.3 Å². The first kappa shape index (κ1) is 20.7.